The minimum atomic E-state index is -0.979. The van der Waals surface area contributed by atoms with Gasteiger partial charge in [-0.15, -0.1) is 0 Å². The number of hydrogen-bond acceptors (Lipinski definition) is 5. The van der Waals surface area contributed by atoms with Gasteiger partial charge >= 0.3 is 0 Å². The van der Waals surface area contributed by atoms with Crippen molar-refractivity contribution in [2.24, 2.45) is 0 Å². The number of amides is 2. The van der Waals surface area contributed by atoms with Crippen molar-refractivity contribution in [2.75, 3.05) is 0 Å². The van der Waals surface area contributed by atoms with E-state index in [-0.39, 0.29) is 22.0 Å². The molecule has 2 amide bonds. The van der Waals surface area contributed by atoms with Crippen molar-refractivity contribution in [1.82, 2.24) is 10.9 Å². The predicted octanol–water partition coefficient (Wildman–Crippen LogP) is 2.62. The Hall–Kier alpha value is -3.20. The fraction of sp³-hybridized carbons (Fsp3) is 0.125. The molecule has 136 valence electrons. The molecule has 0 heterocycles. The molecule has 0 aliphatic rings. The number of rotatable bonds is 5. The molecule has 8 nitrogen and oxygen atoms in total. The number of halogens is 2. The van der Waals surface area contributed by atoms with Crippen molar-refractivity contribution in [2.45, 2.75) is 13.0 Å². The standard InChI is InChI=1S/C16H13ClFN3O5/c1-9(26-12-5-2-10(18)3-6-12)15(22)19-20-16(23)13-7-4-11(21(24)25)8-14(13)17/h2-9H,1H3,(H,19,22)(H,20,23)/t9-/m0/s1. The van der Waals surface area contributed by atoms with Gasteiger partial charge in [0, 0.05) is 12.1 Å². The smallest absolute Gasteiger partial charge is 0.279 e. The molecule has 2 aromatic carbocycles. The van der Waals surface area contributed by atoms with Crippen LogP contribution in [0, 0.1) is 15.9 Å². The number of nitro benzene ring substituents is 1. The Kier molecular flexibility index (Phi) is 6.07. The van der Waals surface area contributed by atoms with Crippen molar-refractivity contribution in [1.29, 1.82) is 0 Å². The Labute approximate surface area is 152 Å². The van der Waals surface area contributed by atoms with E-state index in [0.29, 0.717) is 0 Å². The van der Waals surface area contributed by atoms with Gasteiger partial charge in [-0.3, -0.25) is 30.6 Å². The number of hydrogen-bond donors (Lipinski definition) is 2. The van der Waals surface area contributed by atoms with E-state index in [9.17, 15) is 24.1 Å². The third-order valence-electron chi connectivity index (χ3n) is 3.20. The molecule has 2 rings (SSSR count). The Morgan fingerprint density at radius 3 is 2.42 bits per heavy atom. The molecule has 0 fully saturated rings. The minimum absolute atomic E-state index is 0.0512. The molecule has 0 spiro atoms. The molecule has 0 bridgehead atoms. The number of non-ortho nitro benzene ring substituents is 1. The van der Waals surface area contributed by atoms with Crippen LogP contribution < -0.4 is 15.6 Å². The van der Waals surface area contributed by atoms with E-state index >= 15 is 0 Å². The number of nitro groups is 1. The number of hydrazine groups is 1. The second kappa shape index (κ2) is 8.26. The molecule has 0 unspecified atom stereocenters. The third-order valence-corrected chi connectivity index (χ3v) is 3.52. The van der Waals surface area contributed by atoms with Crippen LogP contribution in [0.5, 0.6) is 5.75 Å². The van der Waals surface area contributed by atoms with Crippen LogP contribution in [-0.2, 0) is 4.79 Å². The van der Waals surface area contributed by atoms with E-state index in [1.54, 1.807) is 0 Å². The number of carbonyl (C=O) groups excluding carboxylic acids is 2. The highest BCUT2D eigenvalue weighted by atomic mass is 35.5. The van der Waals surface area contributed by atoms with Gasteiger partial charge in [-0.2, -0.15) is 0 Å². The van der Waals surface area contributed by atoms with Gasteiger partial charge in [0.25, 0.3) is 17.5 Å². The van der Waals surface area contributed by atoms with Gasteiger partial charge in [-0.25, -0.2) is 4.39 Å². The summed E-state index contributed by atoms with van der Waals surface area (Å²) in [4.78, 5) is 33.9. The summed E-state index contributed by atoms with van der Waals surface area (Å²) < 4.78 is 18.1. The second-order valence-electron chi connectivity index (χ2n) is 5.08. The zero-order valence-corrected chi connectivity index (χ0v) is 14.1. The summed E-state index contributed by atoms with van der Waals surface area (Å²) in [6, 6.07) is 8.38. The van der Waals surface area contributed by atoms with Crippen molar-refractivity contribution in [3.05, 3.63) is 69.0 Å². The monoisotopic (exact) mass is 381 g/mol. The fourth-order valence-corrected chi connectivity index (χ4v) is 2.12. The molecule has 0 saturated heterocycles. The fourth-order valence-electron chi connectivity index (χ4n) is 1.86. The average Bonchev–Trinajstić information content (AvgIpc) is 2.61. The first-order valence-corrected chi connectivity index (χ1v) is 7.62. The maximum atomic E-state index is 12.8. The molecule has 0 saturated carbocycles. The molecule has 2 aromatic rings. The summed E-state index contributed by atoms with van der Waals surface area (Å²) in [7, 11) is 0. The van der Waals surface area contributed by atoms with Gasteiger partial charge in [0.1, 0.15) is 11.6 Å². The Balaban J connectivity index is 1.92. The van der Waals surface area contributed by atoms with Crippen molar-refractivity contribution in [3.8, 4) is 5.75 Å². The van der Waals surface area contributed by atoms with Crippen LogP contribution in [0.25, 0.3) is 0 Å². The minimum Gasteiger partial charge on any atom is -0.481 e. The van der Waals surface area contributed by atoms with Crippen LogP contribution in [-0.4, -0.2) is 22.8 Å². The lowest BCUT2D eigenvalue weighted by molar-refractivity contribution is -0.384. The normalized spacial score (nSPS) is 11.3. The summed E-state index contributed by atoms with van der Waals surface area (Å²) >= 11 is 5.83. The molecule has 0 aromatic heterocycles. The van der Waals surface area contributed by atoms with Crippen molar-refractivity contribution >= 4 is 29.1 Å². The SMILES string of the molecule is C[C@H](Oc1ccc(F)cc1)C(=O)NNC(=O)c1ccc([N+](=O)[O-])cc1Cl. The van der Waals surface area contributed by atoms with Crippen LogP contribution >= 0.6 is 11.6 Å². The number of carbonyl (C=O) groups is 2. The Bertz CT molecular complexity index is 844. The van der Waals surface area contributed by atoms with Gasteiger partial charge in [0.2, 0.25) is 0 Å². The molecular weight excluding hydrogens is 369 g/mol. The number of benzene rings is 2. The molecule has 0 aliphatic heterocycles. The summed E-state index contributed by atoms with van der Waals surface area (Å²) in [6.07, 6.45) is -0.979. The number of ether oxygens (including phenoxy) is 1. The van der Waals surface area contributed by atoms with Gasteiger partial charge in [-0.05, 0) is 37.3 Å². The second-order valence-corrected chi connectivity index (χ2v) is 5.49. The molecule has 0 radical (unpaired) electrons. The summed E-state index contributed by atoms with van der Waals surface area (Å²) in [5.74, 6) is -1.59. The van der Waals surface area contributed by atoms with E-state index < -0.39 is 28.7 Å². The largest absolute Gasteiger partial charge is 0.481 e. The van der Waals surface area contributed by atoms with Crippen molar-refractivity contribution < 1.29 is 23.6 Å². The molecular formula is C16H13ClFN3O5. The lowest BCUT2D eigenvalue weighted by Gasteiger charge is -2.15. The summed E-state index contributed by atoms with van der Waals surface area (Å²) in [5.41, 5.74) is 3.96. The molecule has 10 heteroatoms. The molecule has 1 atom stereocenters. The molecule has 0 aliphatic carbocycles. The third kappa shape index (κ3) is 4.90. The van der Waals surface area contributed by atoms with E-state index in [1.165, 1.54) is 37.3 Å². The van der Waals surface area contributed by atoms with E-state index in [0.717, 1.165) is 12.1 Å². The zero-order chi connectivity index (χ0) is 19.3. The average molecular weight is 382 g/mol. The first kappa shape index (κ1) is 19.1. The number of nitrogens with zero attached hydrogens (tertiary/aromatic N) is 1. The maximum Gasteiger partial charge on any atom is 0.279 e. The van der Waals surface area contributed by atoms with E-state index in [1.807, 2.05) is 0 Å². The topological polar surface area (TPSA) is 111 Å². The number of nitrogens with one attached hydrogen (secondary N) is 2. The summed E-state index contributed by atoms with van der Waals surface area (Å²) in [6.45, 7) is 1.43. The Morgan fingerprint density at radius 2 is 1.85 bits per heavy atom. The quantitative estimate of drug-likeness (QED) is 0.611. The predicted molar refractivity (Wildman–Crippen MR) is 90.2 cm³/mol. The first-order chi connectivity index (χ1) is 12.3. The van der Waals surface area contributed by atoms with E-state index in [2.05, 4.69) is 10.9 Å². The van der Waals surface area contributed by atoms with Crippen LogP contribution in [0.15, 0.2) is 42.5 Å². The first-order valence-electron chi connectivity index (χ1n) is 7.24. The van der Waals surface area contributed by atoms with Crippen molar-refractivity contribution in [3.63, 3.8) is 0 Å². The lowest BCUT2D eigenvalue weighted by atomic mass is 10.2. The van der Waals surface area contributed by atoms with Gasteiger partial charge in [0.05, 0.1) is 15.5 Å². The van der Waals surface area contributed by atoms with Crippen LogP contribution in [0.3, 0.4) is 0 Å². The lowest BCUT2D eigenvalue weighted by Crippen LogP contribution is -2.47. The maximum absolute atomic E-state index is 12.8. The molecule has 2 N–H and O–H groups in total. The van der Waals surface area contributed by atoms with Gasteiger partial charge in [0.15, 0.2) is 6.10 Å². The van der Waals surface area contributed by atoms with Gasteiger partial charge in [-0.1, -0.05) is 11.6 Å². The van der Waals surface area contributed by atoms with E-state index in [4.69, 9.17) is 16.3 Å². The van der Waals surface area contributed by atoms with Gasteiger partial charge < -0.3 is 4.74 Å². The molecule has 26 heavy (non-hydrogen) atoms. The van der Waals surface area contributed by atoms with Crippen LogP contribution in [0.4, 0.5) is 10.1 Å². The highest BCUT2D eigenvalue weighted by molar-refractivity contribution is 6.34. The summed E-state index contributed by atoms with van der Waals surface area (Å²) in [5, 5.41) is 10.5. The van der Waals surface area contributed by atoms with Crippen LogP contribution in [0.2, 0.25) is 5.02 Å². The zero-order valence-electron chi connectivity index (χ0n) is 13.4. The highest BCUT2D eigenvalue weighted by Gasteiger charge is 2.18. The van der Waals surface area contributed by atoms with Crippen LogP contribution in [0.1, 0.15) is 17.3 Å². The highest BCUT2D eigenvalue weighted by Crippen LogP contribution is 2.22. The Morgan fingerprint density at radius 1 is 1.19 bits per heavy atom.